The van der Waals surface area contributed by atoms with Crippen molar-refractivity contribution in [3.63, 3.8) is 0 Å². The third kappa shape index (κ3) is 4.66. The van der Waals surface area contributed by atoms with E-state index in [1.165, 1.54) is 25.7 Å². The lowest BCUT2D eigenvalue weighted by atomic mass is 9.81. The van der Waals surface area contributed by atoms with Gasteiger partial charge in [-0.05, 0) is 36.8 Å². The Morgan fingerprint density at radius 2 is 2.19 bits per heavy atom. The summed E-state index contributed by atoms with van der Waals surface area (Å²) in [5.74, 6) is 2.12. The molecule has 4 nitrogen and oxygen atoms in total. The molecule has 4 heteroatoms. The Labute approximate surface area is 127 Å². The molecule has 0 spiro atoms. The molecular formula is C17H26N2O2. The highest BCUT2D eigenvalue weighted by Crippen LogP contribution is 2.30. The Bertz CT molecular complexity index is 488. The first-order valence-corrected chi connectivity index (χ1v) is 7.81. The highest BCUT2D eigenvalue weighted by atomic mass is 16.5. The summed E-state index contributed by atoms with van der Waals surface area (Å²) in [5, 5.41) is 2.99. The van der Waals surface area contributed by atoms with Crippen molar-refractivity contribution < 1.29 is 9.53 Å². The van der Waals surface area contributed by atoms with Crippen LogP contribution >= 0.6 is 0 Å². The molecule has 1 aromatic carbocycles. The summed E-state index contributed by atoms with van der Waals surface area (Å²) in [7, 11) is 1.57. The van der Waals surface area contributed by atoms with Gasteiger partial charge in [-0.25, -0.2) is 0 Å². The minimum atomic E-state index is -0.0792. The molecule has 0 heterocycles. The molecule has 2 rings (SSSR count). The van der Waals surface area contributed by atoms with Crippen LogP contribution in [0.1, 0.15) is 49.4 Å². The third-order valence-electron chi connectivity index (χ3n) is 4.31. The highest BCUT2D eigenvalue weighted by Gasteiger charge is 2.18. The van der Waals surface area contributed by atoms with Crippen LogP contribution < -0.4 is 15.8 Å². The highest BCUT2D eigenvalue weighted by molar-refractivity contribution is 5.95. The van der Waals surface area contributed by atoms with Crippen molar-refractivity contribution in [2.24, 2.45) is 11.8 Å². The molecule has 1 aliphatic rings. The van der Waals surface area contributed by atoms with Crippen LogP contribution in [0.2, 0.25) is 0 Å². The molecule has 1 aromatic rings. The van der Waals surface area contributed by atoms with Crippen molar-refractivity contribution in [3.05, 3.63) is 23.8 Å². The first kappa shape index (κ1) is 15.7. The van der Waals surface area contributed by atoms with Crippen molar-refractivity contribution in [1.82, 2.24) is 5.32 Å². The zero-order valence-electron chi connectivity index (χ0n) is 13.0. The summed E-state index contributed by atoms with van der Waals surface area (Å²) in [6, 6.07) is 5.11. The topological polar surface area (TPSA) is 64.3 Å². The second kappa shape index (κ2) is 7.34. The zero-order valence-corrected chi connectivity index (χ0v) is 13.0. The van der Waals surface area contributed by atoms with Gasteiger partial charge in [0.2, 0.25) is 0 Å². The Balaban J connectivity index is 1.83. The summed E-state index contributed by atoms with van der Waals surface area (Å²) in [5.41, 5.74) is 6.87. The largest absolute Gasteiger partial charge is 0.497 e. The van der Waals surface area contributed by atoms with E-state index in [2.05, 4.69) is 12.2 Å². The number of nitrogens with two attached hydrogens (primary N) is 1. The molecule has 0 aliphatic heterocycles. The Kier molecular flexibility index (Phi) is 5.48. The number of anilines is 1. The van der Waals surface area contributed by atoms with Crippen LogP contribution in [0.25, 0.3) is 0 Å². The number of hydrogen-bond acceptors (Lipinski definition) is 3. The van der Waals surface area contributed by atoms with E-state index in [0.29, 0.717) is 17.0 Å². The van der Waals surface area contributed by atoms with Crippen molar-refractivity contribution in [1.29, 1.82) is 0 Å². The summed E-state index contributed by atoms with van der Waals surface area (Å²) in [4.78, 5) is 12.1. The van der Waals surface area contributed by atoms with Gasteiger partial charge in [-0.2, -0.15) is 0 Å². The average molecular weight is 290 g/mol. The van der Waals surface area contributed by atoms with E-state index in [1.54, 1.807) is 25.3 Å². The van der Waals surface area contributed by atoms with E-state index in [9.17, 15) is 4.79 Å². The first-order chi connectivity index (χ1) is 10.1. The van der Waals surface area contributed by atoms with Crippen LogP contribution in [0.3, 0.4) is 0 Å². The summed E-state index contributed by atoms with van der Waals surface area (Å²) in [6.07, 6.45) is 6.34. The van der Waals surface area contributed by atoms with E-state index in [-0.39, 0.29) is 5.91 Å². The quantitative estimate of drug-likeness (QED) is 0.818. The smallest absolute Gasteiger partial charge is 0.251 e. The van der Waals surface area contributed by atoms with E-state index >= 15 is 0 Å². The minimum absolute atomic E-state index is 0.0792. The molecule has 1 fully saturated rings. The molecule has 1 saturated carbocycles. The molecule has 0 aromatic heterocycles. The molecule has 0 saturated heterocycles. The number of methoxy groups -OCH3 is 1. The van der Waals surface area contributed by atoms with Gasteiger partial charge in [0.25, 0.3) is 5.91 Å². The van der Waals surface area contributed by atoms with Gasteiger partial charge in [0.1, 0.15) is 5.75 Å². The second-order valence-corrected chi connectivity index (χ2v) is 6.18. The summed E-state index contributed by atoms with van der Waals surface area (Å²) < 4.78 is 5.14. The van der Waals surface area contributed by atoms with E-state index < -0.39 is 0 Å². The van der Waals surface area contributed by atoms with Gasteiger partial charge in [0.15, 0.2) is 0 Å². The number of carbonyl (C=O) groups is 1. The van der Waals surface area contributed by atoms with Crippen LogP contribution in [0.4, 0.5) is 5.69 Å². The zero-order chi connectivity index (χ0) is 15.2. The molecular weight excluding hydrogens is 264 g/mol. The number of carbonyl (C=O) groups excluding carboxylic acids is 1. The maximum absolute atomic E-state index is 12.1. The number of amides is 1. The fourth-order valence-electron chi connectivity index (χ4n) is 3.18. The number of rotatable bonds is 5. The predicted octanol–water partition coefficient (Wildman–Crippen LogP) is 3.22. The molecule has 3 N–H and O–H groups in total. The fourth-order valence-corrected chi connectivity index (χ4v) is 3.18. The molecule has 2 atom stereocenters. The third-order valence-corrected chi connectivity index (χ3v) is 4.31. The number of hydrogen-bond donors (Lipinski definition) is 2. The molecule has 2 unspecified atom stereocenters. The Morgan fingerprint density at radius 3 is 2.90 bits per heavy atom. The molecule has 0 bridgehead atoms. The van der Waals surface area contributed by atoms with Crippen LogP contribution in [-0.2, 0) is 0 Å². The van der Waals surface area contributed by atoms with Crippen molar-refractivity contribution in [2.45, 2.75) is 39.0 Å². The predicted molar refractivity (Wildman–Crippen MR) is 85.5 cm³/mol. The molecule has 1 amide bonds. The standard InChI is InChI=1S/C17H26N2O2/c1-12-4-3-5-13(8-12)6-7-19-17(20)14-9-15(18)11-16(10-14)21-2/h9-13H,3-8,18H2,1-2H3,(H,19,20). The van der Waals surface area contributed by atoms with E-state index in [1.807, 2.05) is 0 Å². The average Bonchev–Trinajstić information content (AvgIpc) is 2.46. The van der Waals surface area contributed by atoms with E-state index in [4.69, 9.17) is 10.5 Å². The lowest BCUT2D eigenvalue weighted by molar-refractivity contribution is 0.0949. The maximum Gasteiger partial charge on any atom is 0.251 e. The Hall–Kier alpha value is -1.71. The van der Waals surface area contributed by atoms with Crippen LogP contribution in [0.5, 0.6) is 5.75 Å². The SMILES string of the molecule is COc1cc(N)cc(C(=O)NCCC2CCCC(C)C2)c1. The maximum atomic E-state index is 12.1. The number of ether oxygens (including phenoxy) is 1. The second-order valence-electron chi connectivity index (χ2n) is 6.18. The van der Waals surface area contributed by atoms with Crippen LogP contribution in [0.15, 0.2) is 18.2 Å². The van der Waals surface area contributed by atoms with Gasteiger partial charge < -0.3 is 15.8 Å². The minimum Gasteiger partial charge on any atom is -0.497 e. The van der Waals surface area contributed by atoms with Gasteiger partial charge in [-0.3, -0.25) is 4.79 Å². The summed E-state index contributed by atoms with van der Waals surface area (Å²) in [6.45, 7) is 3.05. The first-order valence-electron chi connectivity index (χ1n) is 7.81. The summed E-state index contributed by atoms with van der Waals surface area (Å²) >= 11 is 0. The van der Waals surface area contributed by atoms with Gasteiger partial charge in [0.05, 0.1) is 7.11 Å². The Morgan fingerprint density at radius 1 is 1.38 bits per heavy atom. The molecule has 116 valence electrons. The van der Waals surface area contributed by atoms with Crippen molar-refractivity contribution >= 4 is 11.6 Å². The van der Waals surface area contributed by atoms with E-state index in [0.717, 1.165) is 24.8 Å². The van der Waals surface area contributed by atoms with Gasteiger partial charge in [0, 0.05) is 23.9 Å². The number of nitrogens with one attached hydrogen (secondary N) is 1. The van der Waals surface area contributed by atoms with Gasteiger partial charge in [-0.15, -0.1) is 0 Å². The van der Waals surface area contributed by atoms with Crippen molar-refractivity contribution in [2.75, 3.05) is 19.4 Å². The lowest BCUT2D eigenvalue weighted by Gasteiger charge is -2.26. The van der Waals surface area contributed by atoms with Crippen LogP contribution in [0, 0.1) is 11.8 Å². The van der Waals surface area contributed by atoms with Gasteiger partial charge in [-0.1, -0.05) is 26.2 Å². The molecule has 1 aliphatic carbocycles. The number of nitrogen functional groups attached to an aromatic ring is 1. The fraction of sp³-hybridized carbons (Fsp3) is 0.588. The lowest BCUT2D eigenvalue weighted by Crippen LogP contribution is -2.27. The van der Waals surface area contributed by atoms with Crippen LogP contribution in [-0.4, -0.2) is 19.6 Å². The normalized spacial score (nSPS) is 21.8. The molecule has 0 radical (unpaired) electrons. The monoisotopic (exact) mass is 290 g/mol. The molecule has 21 heavy (non-hydrogen) atoms. The number of benzene rings is 1. The van der Waals surface area contributed by atoms with Gasteiger partial charge >= 0.3 is 0 Å². The van der Waals surface area contributed by atoms with Crippen molar-refractivity contribution in [3.8, 4) is 5.75 Å².